The lowest BCUT2D eigenvalue weighted by Gasteiger charge is -2.57. The van der Waals surface area contributed by atoms with Gasteiger partial charge in [0, 0.05) is 54.0 Å². The number of fused-ring (bicyclic) bond motifs is 1. The lowest BCUT2D eigenvalue weighted by molar-refractivity contribution is -0.274. The van der Waals surface area contributed by atoms with E-state index in [1.54, 1.807) is 0 Å². The second-order valence-corrected chi connectivity index (χ2v) is 10.5. The highest BCUT2D eigenvalue weighted by atomic mass is 19.4. The van der Waals surface area contributed by atoms with Crippen molar-refractivity contribution >= 4 is 5.82 Å². The molecule has 2 aliphatic heterocycles. The summed E-state index contributed by atoms with van der Waals surface area (Å²) in [5, 5.41) is 4.73. The van der Waals surface area contributed by atoms with Crippen LogP contribution in [0.5, 0.6) is 5.75 Å². The normalized spacial score (nSPS) is 30.2. The van der Waals surface area contributed by atoms with Crippen molar-refractivity contribution in [2.24, 2.45) is 17.3 Å². The monoisotopic (exact) mass is 463 g/mol. The molecule has 7 nitrogen and oxygen atoms in total. The molecule has 0 amide bonds. The summed E-state index contributed by atoms with van der Waals surface area (Å²) in [4.78, 5) is 6.52. The van der Waals surface area contributed by atoms with Crippen molar-refractivity contribution in [1.29, 1.82) is 0 Å². The predicted molar refractivity (Wildman–Crippen MR) is 115 cm³/mol. The minimum absolute atomic E-state index is 0.146. The fourth-order valence-corrected chi connectivity index (χ4v) is 6.21. The van der Waals surface area contributed by atoms with Crippen LogP contribution in [0.2, 0.25) is 0 Å². The van der Waals surface area contributed by atoms with Crippen molar-refractivity contribution in [3.05, 3.63) is 24.0 Å². The Morgan fingerprint density at radius 1 is 1.18 bits per heavy atom. The van der Waals surface area contributed by atoms with Crippen LogP contribution in [0.1, 0.15) is 44.3 Å². The average molecular weight is 464 g/mol. The number of halogens is 3. The quantitative estimate of drug-likeness (QED) is 0.726. The lowest BCUT2D eigenvalue weighted by atomic mass is 9.76. The lowest BCUT2D eigenvalue weighted by Crippen LogP contribution is -2.67. The fraction of sp³-hybridized carbons (Fsp3) is 0.652. The molecule has 4 heterocycles. The van der Waals surface area contributed by atoms with E-state index in [-0.39, 0.29) is 11.9 Å². The zero-order valence-electron chi connectivity index (χ0n) is 18.7. The first kappa shape index (κ1) is 21.2. The molecule has 0 radical (unpaired) electrons. The second-order valence-electron chi connectivity index (χ2n) is 10.5. The van der Waals surface area contributed by atoms with Gasteiger partial charge in [0.25, 0.3) is 0 Å². The van der Waals surface area contributed by atoms with E-state index in [0.717, 1.165) is 18.9 Å². The third-order valence-corrected chi connectivity index (χ3v) is 7.83. The van der Waals surface area contributed by atoms with E-state index in [9.17, 15) is 13.2 Å². The van der Waals surface area contributed by atoms with Gasteiger partial charge in [0.15, 0.2) is 11.6 Å². The number of rotatable bonds is 5. The molecule has 2 aromatic heterocycles. The van der Waals surface area contributed by atoms with Crippen molar-refractivity contribution in [3.63, 3.8) is 0 Å². The van der Waals surface area contributed by atoms with Crippen molar-refractivity contribution in [2.75, 3.05) is 32.0 Å². The number of nitrogen functional groups attached to an aromatic ring is 1. The number of likely N-dealkylation sites (tertiary alicyclic amines) is 1. The molecule has 2 saturated carbocycles. The molecule has 4 fully saturated rings. The van der Waals surface area contributed by atoms with Crippen LogP contribution < -0.4 is 10.5 Å². The van der Waals surface area contributed by atoms with E-state index in [4.69, 9.17) is 15.6 Å². The van der Waals surface area contributed by atoms with Crippen LogP contribution in [0.4, 0.5) is 19.0 Å². The third kappa shape index (κ3) is 3.58. The number of nitrogens with zero attached hydrogens (tertiary/aromatic N) is 4. The maximum Gasteiger partial charge on any atom is 0.573 e. The van der Waals surface area contributed by atoms with Crippen LogP contribution >= 0.6 is 0 Å². The number of ether oxygens (including phenoxy) is 2. The summed E-state index contributed by atoms with van der Waals surface area (Å²) in [5.74, 6) is 0.958. The summed E-state index contributed by atoms with van der Waals surface area (Å²) in [6.45, 7) is 8.31. The van der Waals surface area contributed by atoms with E-state index in [1.165, 1.54) is 38.2 Å². The van der Waals surface area contributed by atoms with Crippen LogP contribution in [0.3, 0.4) is 0 Å². The first-order chi connectivity index (χ1) is 15.6. The van der Waals surface area contributed by atoms with E-state index < -0.39 is 12.1 Å². The Morgan fingerprint density at radius 3 is 2.45 bits per heavy atom. The molecule has 2 saturated heterocycles. The minimum atomic E-state index is -4.83. The maximum absolute atomic E-state index is 12.7. The molecule has 33 heavy (non-hydrogen) atoms. The molecule has 0 bridgehead atoms. The Morgan fingerprint density at radius 2 is 1.88 bits per heavy atom. The molecule has 4 atom stereocenters. The predicted octanol–water partition coefficient (Wildman–Crippen LogP) is 3.83. The van der Waals surface area contributed by atoms with Gasteiger partial charge in [0.1, 0.15) is 0 Å². The number of aromatic nitrogens is 3. The van der Waals surface area contributed by atoms with Crippen LogP contribution in [0.25, 0.3) is 11.3 Å². The molecular weight excluding hydrogens is 435 g/mol. The van der Waals surface area contributed by atoms with Crippen molar-refractivity contribution in [2.45, 2.75) is 51.1 Å². The topological polar surface area (TPSA) is 78.4 Å². The van der Waals surface area contributed by atoms with Crippen LogP contribution in [-0.2, 0) is 4.74 Å². The second kappa shape index (κ2) is 7.09. The Labute approximate surface area is 190 Å². The van der Waals surface area contributed by atoms with Gasteiger partial charge in [0.05, 0.1) is 18.9 Å². The first-order valence-corrected chi connectivity index (χ1v) is 11.6. The summed E-state index contributed by atoms with van der Waals surface area (Å²) in [6.07, 6.45) is -0.973. The summed E-state index contributed by atoms with van der Waals surface area (Å²) in [7, 11) is 0. The van der Waals surface area contributed by atoms with E-state index >= 15 is 0 Å². The highest BCUT2D eigenvalue weighted by Crippen LogP contribution is 2.65. The Hall–Kier alpha value is -2.33. The largest absolute Gasteiger partial charge is 0.573 e. The third-order valence-electron chi connectivity index (χ3n) is 7.83. The van der Waals surface area contributed by atoms with Gasteiger partial charge >= 0.3 is 6.36 Å². The van der Waals surface area contributed by atoms with Gasteiger partial charge in [-0.1, -0.05) is 0 Å². The molecule has 4 aliphatic rings. The number of nitrogens with two attached hydrogens (primary N) is 1. The van der Waals surface area contributed by atoms with Crippen LogP contribution in [0.15, 0.2) is 18.3 Å². The van der Waals surface area contributed by atoms with Gasteiger partial charge in [0.2, 0.25) is 0 Å². The van der Waals surface area contributed by atoms with Gasteiger partial charge in [-0.25, -0.2) is 4.98 Å². The van der Waals surface area contributed by atoms with Crippen molar-refractivity contribution in [1.82, 2.24) is 19.7 Å². The minimum Gasteiger partial charge on any atom is -0.402 e. The molecule has 0 unspecified atom stereocenters. The fourth-order valence-electron chi connectivity index (χ4n) is 6.21. The molecule has 1 spiro atoms. The van der Waals surface area contributed by atoms with Gasteiger partial charge in [-0.15, -0.1) is 13.2 Å². The molecular formula is C23H28F3N5O2. The molecule has 178 valence electrons. The zero-order chi connectivity index (χ0) is 23.1. The molecule has 0 aromatic carbocycles. The van der Waals surface area contributed by atoms with Crippen molar-refractivity contribution in [3.8, 4) is 17.0 Å². The van der Waals surface area contributed by atoms with Gasteiger partial charge in [-0.05, 0) is 50.7 Å². The average Bonchev–Trinajstić information content (AvgIpc) is 3.03. The number of alkyl halides is 3. The van der Waals surface area contributed by atoms with Gasteiger partial charge in [-0.2, -0.15) is 5.10 Å². The molecule has 2 aromatic rings. The molecule has 6 rings (SSSR count). The van der Waals surface area contributed by atoms with E-state index in [0.29, 0.717) is 40.5 Å². The highest BCUT2D eigenvalue weighted by Gasteiger charge is 2.61. The van der Waals surface area contributed by atoms with E-state index in [2.05, 4.69) is 28.5 Å². The Balaban J connectivity index is 1.19. The standard InChI is InChI=1S/C23H28F3N5O2/c1-12(2)31-18(6-17(29-31)13-3-19(21(27)28-7-13)33-23(24,25)26)20-15-4-14(5-16(15)20)30-8-22(9-30)10-32-11-22/h3,6-7,12,14-16,20H,4-5,8-11H2,1-2H3,(H2,27,28)/t14-,15-,16+,20+. The summed E-state index contributed by atoms with van der Waals surface area (Å²) < 4.78 is 49.6. The molecule has 10 heteroatoms. The zero-order valence-corrected chi connectivity index (χ0v) is 18.7. The smallest absolute Gasteiger partial charge is 0.402 e. The van der Waals surface area contributed by atoms with Crippen LogP contribution in [-0.4, -0.2) is 58.4 Å². The Bertz CT molecular complexity index is 1060. The number of hydrogen-bond donors (Lipinski definition) is 1. The summed E-state index contributed by atoms with van der Waals surface area (Å²) >= 11 is 0. The number of anilines is 1. The SMILES string of the molecule is CC(C)n1nc(-c2cnc(N)c(OC(F)(F)F)c2)cc1[C@H]1[C@@H]2C[C@@H](N3CC4(COC4)C3)C[C@@H]21. The number of pyridine rings is 1. The van der Waals surface area contributed by atoms with Gasteiger partial charge < -0.3 is 15.2 Å². The maximum atomic E-state index is 12.7. The Kier molecular flexibility index (Phi) is 4.56. The van der Waals surface area contributed by atoms with Crippen molar-refractivity contribution < 1.29 is 22.6 Å². The van der Waals surface area contributed by atoms with Crippen LogP contribution in [0, 0.1) is 17.3 Å². The number of hydrogen-bond acceptors (Lipinski definition) is 6. The van der Waals surface area contributed by atoms with Gasteiger partial charge in [-0.3, -0.25) is 9.58 Å². The first-order valence-electron chi connectivity index (χ1n) is 11.6. The molecule has 2 N–H and O–H groups in total. The van der Waals surface area contributed by atoms with E-state index in [1.807, 2.05) is 10.7 Å². The highest BCUT2D eigenvalue weighted by molar-refractivity contribution is 5.64. The molecule has 2 aliphatic carbocycles. The summed E-state index contributed by atoms with van der Waals surface area (Å²) in [5.41, 5.74) is 8.25. The summed E-state index contributed by atoms with van der Waals surface area (Å²) in [6, 6.07) is 4.08.